The van der Waals surface area contributed by atoms with Crippen molar-refractivity contribution < 1.29 is 18.7 Å². The molecule has 0 fully saturated rings. The van der Waals surface area contributed by atoms with Crippen LogP contribution in [0.1, 0.15) is 38.2 Å². The van der Waals surface area contributed by atoms with Gasteiger partial charge in [0.1, 0.15) is 4.83 Å². The summed E-state index contributed by atoms with van der Waals surface area (Å²) in [4.78, 5) is 35.1. The Morgan fingerprint density at radius 1 is 1.13 bits per heavy atom. The van der Waals surface area contributed by atoms with Crippen molar-refractivity contribution in [2.45, 2.75) is 20.8 Å². The first-order valence-electron chi connectivity index (χ1n) is 9.38. The molecule has 0 unspecified atom stereocenters. The van der Waals surface area contributed by atoms with Gasteiger partial charge >= 0.3 is 5.97 Å². The average molecular weight is 421 g/mol. The van der Waals surface area contributed by atoms with Crippen molar-refractivity contribution in [3.05, 3.63) is 64.4 Å². The first-order valence-corrected chi connectivity index (χ1v) is 10.2. The van der Waals surface area contributed by atoms with Gasteiger partial charge in [-0.15, -0.1) is 11.3 Å². The van der Waals surface area contributed by atoms with E-state index in [0.29, 0.717) is 34.3 Å². The Morgan fingerprint density at radius 2 is 1.90 bits per heavy atom. The predicted octanol–water partition coefficient (Wildman–Crippen LogP) is 5.00. The number of aromatic nitrogens is 2. The molecule has 0 atom stereocenters. The lowest BCUT2D eigenvalue weighted by Crippen LogP contribution is -2.11. The summed E-state index contributed by atoms with van der Waals surface area (Å²) in [6.45, 7) is 5.85. The number of anilines is 1. The third kappa shape index (κ3) is 3.69. The summed E-state index contributed by atoms with van der Waals surface area (Å²) >= 11 is 1.31. The van der Waals surface area contributed by atoms with E-state index in [9.17, 15) is 9.59 Å². The van der Waals surface area contributed by atoms with Gasteiger partial charge in [-0.2, -0.15) is 0 Å². The predicted molar refractivity (Wildman–Crippen MR) is 115 cm³/mol. The molecule has 1 N–H and O–H groups in total. The average Bonchev–Trinajstić information content (AvgIpc) is 3.37. The van der Waals surface area contributed by atoms with E-state index in [0.717, 1.165) is 21.5 Å². The van der Waals surface area contributed by atoms with E-state index >= 15 is 0 Å². The van der Waals surface area contributed by atoms with Gasteiger partial charge in [-0.25, -0.2) is 14.8 Å². The van der Waals surface area contributed by atoms with Crippen molar-refractivity contribution >= 4 is 39.1 Å². The van der Waals surface area contributed by atoms with Gasteiger partial charge in [0.05, 0.1) is 29.0 Å². The minimum absolute atomic E-state index is 0.238. The van der Waals surface area contributed by atoms with Crippen LogP contribution in [0, 0.1) is 13.8 Å². The zero-order chi connectivity index (χ0) is 21.3. The first-order chi connectivity index (χ1) is 14.5. The molecule has 0 bridgehead atoms. The van der Waals surface area contributed by atoms with Crippen molar-refractivity contribution in [1.82, 2.24) is 9.97 Å². The van der Waals surface area contributed by atoms with Gasteiger partial charge in [0.25, 0.3) is 5.91 Å². The molecule has 4 rings (SSSR count). The number of furan rings is 1. The van der Waals surface area contributed by atoms with E-state index in [-0.39, 0.29) is 5.91 Å². The molecule has 8 heteroatoms. The van der Waals surface area contributed by atoms with Crippen LogP contribution in [-0.2, 0) is 4.74 Å². The van der Waals surface area contributed by atoms with Crippen LogP contribution in [0.5, 0.6) is 0 Å². The van der Waals surface area contributed by atoms with Crippen LogP contribution in [0.3, 0.4) is 0 Å². The van der Waals surface area contributed by atoms with Gasteiger partial charge < -0.3 is 14.5 Å². The second-order valence-corrected chi connectivity index (χ2v) is 7.60. The molecule has 1 aromatic carbocycles. The van der Waals surface area contributed by atoms with Crippen molar-refractivity contribution in [1.29, 1.82) is 0 Å². The molecule has 0 aliphatic heterocycles. The van der Waals surface area contributed by atoms with E-state index in [4.69, 9.17) is 9.15 Å². The molecule has 0 saturated carbocycles. The largest absolute Gasteiger partial charge is 0.462 e. The molecule has 0 aliphatic carbocycles. The van der Waals surface area contributed by atoms with Gasteiger partial charge in [-0.3, -0.25) is 4.79 Å². The van der Waals surface area contributed by atoms with E-state index in [1.165, 1.54) is 11.3 Å². The van der Waals surface area contributed by atoms with E-state index in [1.54, 1.807) is 49.6 Å². The Bertz CT molecular complexity index is 1230. The fourth-order valence-electron chi connectivity index (χ4n) is 3.16. The third-order valence-electron chi connectivity index (χ3n) is 4.57. The molecular weight excluding hydrogens is 402 g/mol. The second-order valence-electron chi connectivity index (χ2n) is 6.60. The van der Waals surface area contributed by atoms with Crippen LogP contribution in [0.2, 0.25) is 0 Å². The van der Waals surface area contributed by atoms with Gasteiger partial charge in [-0.05, 0) is 62.7 Å². The lowest BCUT2D eigenvalue weighted by atomic mass is 10.1. The maximum atomic E-state index is 12.9. The zero-order valence-electron chi connectivity index (χ0n) is 16.7. The number of nitrogens with one attached hydrogen (secondary N) is 1. The zero-order valence-corrected chi connectivity index (χ0v) is 17.5. The summed E-state index contributed by atoms with van der Waals surface area (Å²) in [6, 6.07) is 10.2. The molecule has 1 amide bonds. The number of hydrogen-bond donors (Lipinski definition) is 1. The lowest BCUT2D eigenvalue weighted by Gasteiger charge is -2.06. The van der Waals surface area contributed by atoms with Gasteiger partial charge in [0.2, 0.25) is 0 Å². The highest BCUT2D eigenvalue weighted by Gasteiger charge is 2.20. The normalized spacial score (nSPS) is 10.9. The number of hydrogen-bond acceptors (Lipinski definition) is 7. The number of carbonyl (C=O) groups excluding carboxylic acids is 2. The van der Waals surface area contributed by atoms with Crippen LogP contribution in [-0.4, -0.2) is 28.5 Å². The minimum atomic E-state index is -0.392. The Labute approximate surface area is 176 Å². The monoisotopic (exact) mass is 421 g/mol. The number of amides is 1. The van der Waals surface area contributed by atoms with Crippen LogP contribution in [0.25, 0.3) is 21.8 Å². The van der Waals surface area contributed by atoms with E-state index < -0.39 is 5.97 Å². The molecule has 0 aliphatic rings. The molecular formula is C22H19N3O4S. The fourth-order valence-corrected chi connectivity index (χ4v) is 4.29. The maximum Gasteiger partial charge on any atom is 0.338 e. The van der Waals surface area contributed by atoms with E-state index in [1.807, 2.05) is 13.8 Å². The summed E-state index contributed by atoms with van der Waals surface area (Å²) in [5.74, 6) is 0.446. The molecule has 3 heterocycles. The Kier molecular flexibility index (Phi) is 5.33. The molecule has 0 spiro atoms. The minimum Gasteiger partial charge on any atom is -0.462 e. The third-order valence-corrected chi connectivity index (χ3v) is 5.76. The quantitative estimate of drug-likeness (QED) is 0.456. The summed E-state index contributed by atoms with van der Waals surface area (Å²) in [5.41, 5.74) is 2.64. The smallest absolute Gasteiger partial charge is 0.338 e. The number of rotatable bonds is 5. The fraction of sp³-hybridized carbons (Fsp3) is 0.182. The summed E-state index contributed by atoms with van der Waals surface area (Å²) < 4.78 is 10.4. The molecule has 0 saturated heterocycles. The topological polar surface area (TPSA) is 94.3 Å². The first kappa shape index (κ1) is 19.8. The van der Waals surface area contributed by atoms with E-state index in [2.05, 4.69) is 15.3 Å². The molecule has 3 aromatic heterocycles. The van der Waals surface area contributed by atoms with Gasteiger partial charge in [0.15, 0.2) is 11.6 Å². The number of fused-ring (bicyclic) bond motifs is 1. The Hall–Kier alpha value is -3.52. The highest BCUT2D eigenvalue weighted by atomic mass is 32.1. The van der Waals surface area contributed by atoms with Crippen molar-refractivity contribution in [3.8, 4) is 11.6 Å². The van der Waals surface area contributed by atoms with Crippen LogP contribution in [0.4, 0.5) is 5.69 Å². The number of aryl methyl sites for hydroxylation is 2. The summed E-state index contributed by atoms with van der Waals surface area (Å²) in [5, 5.41) is 3.75. The molecule has 152 valence electrons. The number of carbonyl (C=O) groups is 2. The lowest BCUT2D eigenvalue weighted by molar-refractivity contribution is 0.0526. The molecule has 7 nitrogen and oxygen atoms in total. The number of esters is 1. The van der Waals surface area contributed by atoms with Crippen LogP contribution in [0.15, 0.2) is 47.1 Å². The standard InChI is InChI=1S/C22H19N3O4S/c1-4-28-22(27)14-7-9-15(10-8-14)24-20(26)18-12(2)17-13(3)23-19(25-21(17)30-18)16-6-5-11-29-16/h5-11H,4H2,1-3H3,(H,24,26). The molecule has 4 aromatic rings. The number of nitrogens with zero attached hydrogens (tertiary/aromatic N) is 2. The van der Waals surface area contributed by atoms with Crippen molar-refractivity contribution in [3.63, 3.8) is 0 Å². The number of ether oxygens (including phenoxy) is 1. The highest BCUT2D eigenvalue weighted by molar-refractivity contribution is 7.20. The van der Waals surface area contributed by atoms with Crippen molar-refractivity contribution in [2.75, 3.05) is 11.9 Å². The van der Waals surface area contributed by atoms with Crippen LogP contribution < -0.4 is 5.32 Å². The molecule has 0 radical (unpaired) electrons. The maximum absolute atomic E-state index is 12.9. The highest BCUT2D eigenvalue weighted by Crippen LogP contribution is 2.33. The summed E-state index contributed by atoms with van der Waals surface area (Å²) in [6.07, 6.45) is 1.57. The number of benzene rings is 1. The SMILES string of the molecule is CCOC(=O)c1ccc(NC(=O)c2sc3nc(-c4ccco4)nc(C)c3c2C)cc1. The Balaban J connectivity index is 1.61. The molecule has 30 heavy (non-hydrogen) atoms. The van der Waals surface area contributed by atoms with Crippen molar-refractivity contribution in [2.24, 2.45) is 0 Å². The van der Waals surface area contributed by atoms with Gasteiger partial charge in [0, 0.05) is 11.1 Å². The Morgan fingerprint density at radius 3 is 2.57 bits per heavy atom. The summed E-state index contributed by atoms with van der Waals surface area (Å²) in [7, 11) is 0. The number of thiophene rings is 1. The second kappa shape index (κ2) is 8.08. The van der Waals surface area contributed by atoms with Crippen LogP contribution >= 0.6 is 11.3 Å². The van der Waals surface area contributed by atoms with Gasteiger partial charge in [-0.1, -0.05) is 0 Å².